The van der Waals surface area contributed by atoms with Gasteiger partial charge in [-0.15, -0.1) is 11.3 Å². The van der Waals surface area contributed by atoms with Gasteiger partial charge < -0.3 is 9.84 Å². The number of hydrogen-bond donors (Lipinski definition) is 1. The maximum Gasteiger partial charge on any atom is 0.169 e. The minimum Gasteiger partial charge on any atom is -0.356 e. The molecule has 98 valence electrons. The largest absolute Gasteiger partial charge is 0.356 e. The van der Waals surface area contributed by atoms with Crippen LogP contribution in [0.3, 0.4) is 0 Å². The summed E-state index contributed by atoms with van der Waals surface area (Å²) in [5.74, 6) is 1.27. The molecule has 0 aliphatic rings. The van der Waals surface area contributed by atoms with E-state index in [4.69, 9.17) is 27.7 Å². The van der Waals surface area contributed by atoms with Crippen molar-refractivity contribution >= 4 is 34.5 Å². The van der Waals surface area contributed by atoms with Gasteiger partial charge in [-0.05, 0) is 18.5 Å². The van der Waals surface area contributed by atoms with Gasteiger partial charge in [0.2, 0.25) is 0 Å². The van der Waals surface area contributed by atoms with Gasteiger partial charge in [0, 0.05) is 12.6 Å². The van der Waals surface area contributed by atoms with Crippen LogP contribution in [0.1, 0.15) is 19.5 Å². The van der Waals surface area contributed by atoms with Crippen LogP contribution in [0.25, 0.3) is 11.3 Å². The average Bonchev–Trinajstić information content (AvgIpc) is 2.85. The zero-order chi connectivity index (χ0) is 13.1. The lowest BCUT2D eigenvalue weighted by Crippen LogP contribution is -2.18. The van der Waals surface area contributed by atoms with E-state index >= 15 is 0 Å². The van der Waals surface area contributed by atoms with Crippen LogP contribution in [0.2, 0.25) is 8.67 Å². The standard InChI is InChI=1S/C12H14Cl2N2OS/c1-7(2)5-15-6-8-3-10(17-16-8)9-4-11(13)18-12(9)14/h3-4,7,15H,5-6H2,1-2H3. The van der Waals surface area contributed by atoms with Crippen molar-refractivity contribution in [2.75, 3.05) is 6.54 Å². The van der Waals surface area contributed by atoms with Gasteiger partial charge in [-0.2, -0.15) is 0 Å². The molecule has 0 amide bonds. The molecule has 0 unspecified atom stereocenters. The van der Waals surface area contributed by atoms with Gasteiger partial charge in [0.25, 0.3) is 0 Å². The van der Waals surface area contributed by atoms with Crippen LogP contribution in [0.15, 0.2) is 16.7 Å². The Labute approximate surface area is 120 Å². The molecule has 0 saturated carbocycles. The van der Waals surface area contributed by atoms with Crippen LogP contribution in [-0.4, -0.2) is 11.7 Å². The summed E-state index contributed by atoms with van der Waals surface area (Å²) in [6, 6.07) is 3.68. The van der Waals surface area contributed by atoms with Crippen molar-refractivity contribution in [1.82, 2.24) is 10.5 Å². The molecule has 2 aromatic heterocycles. The van der Waals surface area contributed by atoms with E-state index in [1.54, 1.807) is 6.07 Å². The second-order valence-electron chi connectivity index (χ2n) is 4.45. The van der Waals surface area contributed by atoms with E-state index in [-0.39, 0.29) is 0 Å². The van der Waals surface area contributed by atoms with E-state index in [9.17, 15) is 0 Å². The predicted octanol–water partition coefficient (Wildman–Crippen LogP) is 4.46. The molecule has 18 heavy (non-hydrogen) atoms. The molecule has 2 heterocycles. The van der Waals surface area contributed by atoms with Gasteiger partial charge >= 0.3 is 0 Å². The minimum atomic E-state index is 0.612. The molecule has 0 spiro atoms. The summed E-state index contributed by atoms with van der Waals surface area (Å²) in [6.07, 6.45) is 0. The summed E-state index contributed by atoms with van der Waals surface area (Å²) in [7, 11) is 0. The summed E-state index contributed by atoms with van der Waals surface area (Å²) >= 11 is 13.3. The van der Waals surface area contributed by atoms with Gasteiger partial charge in [0.15, 0.2) is 5.76 Å². The fourth-order valence-electron chi connectivity index (χ4n) is 1.52. The van der Waals surface area contributed by atoms with Gasteiger partial charge in [0.05, 0.1) is 15.6 Å². The molecule has 3 nitrogen and oxygen atoms in total. The molecule has 0 aromatic carbocycles. The lowest BCUT2D eigenvalue weighted by atomic mass is 10.2. The third kappa shape index (κ3) is 3.48. The molecule has 0 aliphatic heterocycles. The minimum absolute atomic E-state index is 0.612. The first-order valence-electron chi connectivity index (χ1n) is 5.67. The molecular formula is C12H14Cl2N2OS. The Balaban J connectivity index is 2.04. The summed E-state index contributed by atoms with van der Waals surface area (Å²) in [5.41, 5.74) is 1.67. The van der Waals surface area contributed by atoms with Gasteiger partial charge in [0.1, 0.15) is 4.34 Å². The van der Waals surface area contributed by atoms with E-state index < -0.39 is 0 Å². The lowest BCUT2D eigenvalue weighted by molar-refractivity contribution is 0.418. The van der Waals surface area contributed by atoms with Gasteiger partial charge in [-0.3, -0.25) is 0 Å². The molecule has 0 saturated heterocycles. The topological polar surface area (TPSA) is 38.1 Å². The summed E-state index contributed by atoms with van der Waals surface area (Å²) in [5, 5.41) is 7.31. The molecule has 2 aromatic rings. The highest BCUT2D eigenvalue weighted by molar-refractivity contribution is 7.20. The summed E-state index contributed by atoms with van der Waals surface area (Å²) in [4.78, 5) is 0. The van der Waals surface area contributed by atoms with Crippen LogP contribution in [0, 0.1) is 5.92 Å². The third-order valence-corrected chi connectivity index (χ3v) is 3.83. The number of rotatable bonds is 5. The molecule has 1 N–H and O–H groups in total. The van der Waals surface area contributed by atoms with E-state index in [1.807, 2.05) is 6.07 Å². The maximum absolute atomic E-state index is 6.07. The van der Waals surface area contributed by atoms with Crippen molar-refractivity contribution in [3.05, 3.63) is 26.5 Å². The normalized spacial score (nSPS) is 11.4. The van der Waals surface area contributed by atoms with Crippen LogP contribution < -0.4 is 5.32 Å². The first-order chi connectivity index (χ1) is 8.56. The molecule has 2 rings (SSSR count). The highest BCUT2D eigenvalue weighted by Crippen LogP contribution is 2.38. The molecular weight excluding hydrogens is 291 g/mol. The Bertz CT molecular complexity index is 522. The Hall–Kier alpha value is -0.550. The van der Waals surface area contributed by atoms with Crippen molar-refractivity contribution in [3.8, 4) is 11.3 Å². The zero-order valence-corrected chi connectivity index (χ0v) is 12.5. The number of halogens is 2. The Morgan fingerprint density at radius 3 is 2.78 bits per heavy atom. The van der Waals surface area contributed by atoms with Crippen LogP contribution in [0.4, 0.5) is 0 Å². The van der Waals surface area contributed by atoms with Crippen LogP contribution in [0.5, 0.6) is 0 Å². The lowest BCUT2D eigenvalue weighted by Gasteiger charge is -2.03. The molecule has 0 bridgehead atoms. The van der Waals surface area contributed by atoms with Crippen molar-refractivity contribution in [2.45, 2.75) is 20.4 Å². The first-order valence-corrected chi connectivity index (χ1v) is 7.25. The van der Waals surface area contributed by atoms with Gasteiger partial charge in [-0.25, -0.2) is 0 Å². The number of aromatic nitrogens is 1. The molecule has 0 fully saturated rings. The smallest absolute Gasteiger partial charge is 0.169 e. The predicted molar refractivity (Wildman–Crippen MR) is 76.4 cm³/mol. The van der Waals surface area contributed by atoms with Gasteiger partial charge in [-0.1, -0.05) is 42.2 Å². The van der Waals surface area contributed by atoms with E-state index in [2.05, 4.69) is 24.3 Å². The SMILES string of the molecule is CC(C)CNCc1cc(-c2cc(Cl)sc2Cl)on1. The molecule has 0 atom stereocenters. The number of thiophene rings is 1. The third-order valence-electron chi connectivity index (χ3n) is 2.34. The molecule has 0 radical (unpaired) electrons. The summed E-state index contributed by atoms with van der Waals surface area (Å²) < 4.78 is 6.54. The van der Waals surface area contributed by atoms with E-state index in [1.165, 1.54) is 11.3 Å². The Kier molecular flexibility index (Phi) is 4.67. The van der Waals surface area contributed by atoms with E-state index in [0.717, 1.165) is 17.8 Å². The van der Waals surface area contributed by atoms with E-state index in [0.29, 0.717) is 26.9 Å². The average molecular weight is 305 g/mol. The van der Waals surface area contributed by atoms with Crippen molar-refractivity contribution in [2.24, 2.45) is 5.92 Å². The summed E-state index contributed by atoms with van der Waals surface area (Å²) in [6.45, 7) is 5.97. The highest BCUT2D eigenvalue weighted by Gasteiger charge is 2.13. The quantitative estimate of drug-likeness (QED) is 0.886. The molecule has 6 heteroatoms. The maximum atomic E-state index is 6.07. The Morgan fingerprint density at radius 2 is 2.17 bits per heavy atom. The fourth-order valence-corrected chi connectivity index (χ4v) is 2.99. The molecule has 0 aliphatic carbocycles. The van der Waals surface area contributed by atoms with Crippen LogP contribution >= 0.6 is 34.5 Å². The number of nitrogens with one attached hydrogen (secondary N) is 1. The second kappa shape index (κ2) is 6.06. The monoisotopic (exact) mass is 304 g/mol. The number of hydrogen-bond acceptors (Lipinski definition) is 4. The zero-order valence-electron chi connectivity index (χ0n) is 10.2. The van der Waals surface area contributed by atoms with Crippen molar-refractivity contribution in [1.29, 1.82) is 0 Å². The van der Waals surface area contributed by atoms with Crippen molar-refractivity contribution in [3.63, 3.8) is 0 Å². The first kappa shape index (κ1) is 13.9. The Morgan fingerprint density at radius 1 is 1.39 bits per heavy atom. The van der Waals surface area contributed by atoms with Crippen molar-refractivity contribution < 1.29 is 4.52 Å². The fraction of sp³-hybridized carbons (Fsp3) is 0.417. The van der Waals surface area contributed by atoms with Crippen LogP contribution in [-0.2, 0) is 6.54 Å². The second-order valence-corrected chi connectivity index (χ2v) is 6.73. The number of nitrogens with zero attached hydrogens (tertiary/aromatic N) is 1. The highest BCUT2D eigenvalue weighted by atomic mass is 35.5.